The lowest BCUT2D eigenvalue weighted by molar-refractivity contribution is -0.140. The lowest BCUT2D eigenvalue weighted by Gasteiger charge is -2.11. The summed E-state index contributed by atoms with van der Waals surface area (Å²) in [6.07, 6.45) is 32.9. The van der Waals surface area contributed by atoms with E-state index < -0.39 is 5.97 Å². The van der Waals surface area contributed by atoms with Gasteiger partial charge in [0.15, 0.2) is 11.5 Å². The van der Waals surface area contributed by atoms with Crippen molar-refractivity contribution in [3.05, 3.63) is 70.6 Å². The van der Waals surface area contributed by atoms with Crippen LogP contribution in [-0.2, 0) is 25.5 Å². The van der Waals surface area contributed by atoms with E-state index in [2.05, 4.69) is 46.8 Å². The van der Waals surface area contributed by atoms with Gasteiger partial charge in [0, 0.05) is 6.42 Å². The Kier molecular flexibility index (Phi) is 20.9. The Hall–Kier alpha value is -2.82. The fourth-order valence-corrected chi connectivity index (χ4v) is 6.03. The maximum absolute atomic E-state index is 12.6. The van der Waals surface area contributed by atoms with Crippen LogP contribution in [0.4, 0.5) is 0 Å². The Morgan fingerprint density at radius 1 is 0.787 bits per heavy atom. The molecule has 0 aliphatic carbocycles. The summed E-state index contributed by atoms with van der Waals surface area (Å²) in [6.45, 7) is 12.8. The Bertz CT molecular complexity index is 1150. The van der Waals surface area contributed by atoms with Gasteiger partial charge in [0.25, 0.3) is 0 Å². The molecule has 0 fully saturated rings. The molecule has 0 N–H and O–H groups in total. The van der Waals surface area contributed by atoms with Crippen LogP contribution in [-0.4, -0.2) is 11.9 Å². The van der Waals surface area contributed by atoms with E-state index in [0.717, 1.165) is 70.1 Å². The minimum absolute atomic E-state index is 0.204. The maximum atomic E-state index is 12.6. The molecule has 1 aromatic heterocycles. The van der Waals surface area contributed by atoms with Crippen molar-refractivity contribution in [1.82, 2.24) is 0 Å². The van der Waals surface area contributed by atoms with Gasteiger partial charge in [0.1, 0.15) is 0 Å². The van der Waals surface area contributed by atoms with Gasteiger partial charge in [-0.2, -0.15) is 0 Å². The van der Waals surface area contributed by atoms with Gasteiger partial charge < -0.3 is 13.9 Å². The van der Waals surface area contributed by atoms with E-state index >= 15 is 0 Å². The number of rotatable bonds is 26. The van der Waals surface area contributed by atoms with Crippen LogP contribution in [0.3, 0.4) is 0 Å². The number of carbonyl (C=O) groups excluding carboxylic acids is 2. The molecule has 0 aromatic carbocycles. The molecule has 0 saturated heterocycles. The Morgan fingerprint density at radius 2 is 1.40 bits per heavy atom. The van der Waals surface area contributed by atoms with Crippen molar-refractivity contribution in [2.75, 3.05) is 0 Å². The molecule has 0 bridgehead atoms. The standard InChI is InChI=1S/C42H66O5/c1-33(2)21-16-14-12-10-8-7-9-11-13-15-17-28-40(43)47-41-37(6)42(44)46-39(41)31-36(5)26-19-24-34(3)22-18-23-35(4)25-20-27-38-29-30-45-32-38/h22,25,29-33,36H,7-21,23-24,26-28H2,1-6H3/b34-22+,35-25+,39-31-/t36-/m1/s1. The first-order valence-electron chi connectivity index (χ1n) is 18.8. The quantitative estimate of drug-likeness (QED) is 0.0567. The predicted molar refractivity (Wildman–Crippen MR) is 195 cm³/mol. The zero-order valence-electron chi connectivity index (χ0n) is 30.8. The van der Waals surface area contributed by atoms with Gasteiger partial charge in [-0.25, -0.2) is 4.79 Å². The highest BCUT2D eigenvalue weighted by atomic mass is 16.6. The third-order valence-electron chi connectivity index (χ3n) is 9.16. The van der Waals surface area contributed by atoms with E-state index in [9.17, 15) is 9.59 Å². The summed E-state index contributed by atoms with van der Waals surface area (Å²) < 4.78 is 16.3. The summed E-state index contributed by atoms with van der Waals surface area (Å²) in [6, 6.07) is 2.03. The van der Waals surface area contributed by atoms with Gasteiger partial charge in [0.05, 0.1) is 18.1 Å². The normalized spacial score (nSPS) is 15.6. The van der Waals surface area contributed by atoms with Crippen molar-refractivity contribution in [1.29, 1.82) is 0 Å². The van der Waals surface area contributed by atoms with Crippen molar-refractivity contribution < 1.29 is 23.5 Å². The third-order valence-corrected chi connectivity index (χ3v) is 9.16. The molecule has 0 saturated carbocycles. The highest BCUT2D eigenvalue weighted by molar-refractivity contribution is 5.94. The molecular weight excluding hydrogens is 584 g/mol. The average molecular weight is 651 g/mol. The maximum Gasteiger partial charge on any atom is 0.343 e. The van der Waals surface area contributed by atoms with Crippen LogP contribution >= 0.6 is 0 Å². The minimum atomic E-state index is -0.425. The van der Waals surface area contributed by atoms with E-state index in [1.165, 1.54) is 74.5 Å². The summed E-state index contributed by atoms with van der Waals surface area (Å²) >= 11 is 0. The first-order chi connectivity index (χ1) is 22.7. The lowest BCUT2D eigenvalue weighted by Crippen LogP contribution is -2.06. The molecule has 1 aliphatic rings. The van der Waals surface area contributed by atoms with Crippen molar-refractivity contribution in [2.45, 2.75) is 170 Å². The number of carbonyl (C=O) groups is 2. The van der Waals surface area contributed by atoms with Crippen LogP contribution in [0, 0.1) is 11.8 Å². The summed E-state index contributed by atoms with van der Waals surface area (Å²) in [7, 11) is 0. The van der Waals surface area contributed by atoms with Gasteiger partial charge in [0.2, 0.25) is 0 Å². The molecule has 1 aromatic rings. The number of furan rings is 1. The molecule has 264 valence electrons. The Morgan fingerprint density at radius 3 is 2.04 bits per heavy atom. The number of cyclic esters (lactones) is 1. The number of ether oxygens (including phenoxy) is 2. The molecule has 47 heavy (non-hydrogen) atoms. The monoisotopic (exact) mass is 650 g/mol. The number of esters is 2. The van der Waals surface area contributed by atoms with Crippen LogP contribution in [0.15, 0.2) is 69.5 Å². The highest BCUT2D eigenvalue weighted by Crippen LogP contribution is 2.30. The fourth-order valence-electron chi connectivity index (χ4n) is 6.03. The molecule has 0 spiro atoms. The summed E-state index contributed by atoms with van der Waals surface area (Å²) in [5.74, 6) is 1.04. The average Bonchev–Trinajstić information content (AvgIpc) is 3.63. The second-order valence-corrected chi connectivity index (χ2v) is 14.3. The summed E-state index contributed by atoms with van der Waals surface area (Å²) in [5, 5.41) is 0. The minimum Gasteiger partial charge on any atom is -0.472 e. The van der Waals surface area contributed by atoms with Gasteiger partial charge in [-0.1, -0.05) is 115 Å². The first-order valence-corrected chi connectivity index (χ1v) is 18.8. The van der Waals surface area contributed by atoms with Gasteiger partial charge in [-0.3, -0.25) is 4.79 Å². The van der Waals surface area contributed by atoms with E-state index in [0.29, 0.717) is 23.5 Å². The van der Waals surface area contributed by atoms with Crippen LogP contribution in [0.1, 0.15) is 169 Å². The largest absolute Gasteiger partial charge is 0.472 e. The van der Waals surface area contributed by atoms with Crippen LogP contribution in [0.25, 0.3) is 0 Å². The topological polar surface area (TPSA) is 65.7 Å². The lowest BCUT2D eigenvalue weighted by atomic mass is 9.99. The molecule has 0 unspecified atom stereocenters. The second kappa shape index (κ2) is 24.3. The van der Waals surface area contributed by atoms with E-state index in [-0.39, 0.29) is 11.9 Å². The van der Waals surface area contributed by atoms with Gasteiger partial charge >= 0.3 is 11.9 Å². The molecule has 2 heterocycles. The predicted octanol–water partition coefficient (Wildman–Crippen LogP) is 12.7. The Labute approximate surface area is 287 Å². The van der Waals surface area contributed by atoms with Crippen LogP contribution < -0.4 is 0 Å². The van der Waals surface area contributed by atoms with E-state index in [4.69, 9.17) is 13.9 Å². The number of aryl methyl sites for hydroxylation is 1. The van der Waals surface area contributed by atoms with Crippen molar-refractivity contribution in [2.24, 2.45) is 11.8 Å². The van der Waals surface area contributed by atoms with Crippen molar-refractivity contribution in [3.63, 3.8) is 0 Å². The third kappa shape index (κ3) is 18.9. The Balaban J connectivity index is 1.59. The number of hydrogen-bond donors (Lipinski definition) is 0. The van der Waals surface area contributed by atoms with E-state index in [1.807, 2.05) is 18.4 Å². The molecule has 1 aliphatic heterocycles. The van der Waals surface area contributed by atoms with Crippen molar-refractivity contribution >= 4 is 11.9 Å². The summed E-state index contributed by atoms with van der Waals surface area (Å²) in [5.41, 5.74) is 4.47. The molecule has 5 nitrogen and oxygen atoms in total. The number of allylic oxidation sites excluding steroid dienone is 5. The van der Waals surface area contributed by atoms with Gasteiger partial charge in [-0.15, -0.1) is 0 Å². The molecule has 1 atom stereocenters. The summed E-state index contributed by atoms with van der Waals surface area (Å²) in [4.78, 5) is 24.9. The van der Waals surface area contributed by atoms with E-state index in [1.54, 1.807) is 13.2 Å². The zero-order valence-corrected chi connectivity index (χ0v) is 30.8. The molecular formula is C42H66O5. The number of hydrogen-bond acceptors (Lipinski definition) is 5. The second-order valence-electron chi connectivity index (χ2n) is 14.3. The fraction of sp³-hybridized carbons (Fsp3) is 0.667. The zero-order chi connectivity index (χ0) is 34.3. The molecule has 2 rings (SSSR count). The van der Waals surface area contributed by atoms with Crippen LogP contribution in [0.2, 0.25) is 0 Å². The number of unbranched alkanes of at least 4 members (excludes halogenated alkanes) is 10. The molecule has 0 amide bonds. The SMILES string of the molecule is CC1=C(OC(=O)CCCCCCCCCCCCCC(C)C)/C(=C/[C@H](C)CCC/C(C)=C/CC/C(C)=C/CCc2ccoc2)OC1=O. The van der Waals surface area contributed by atoms with Gasteiger partial charge in [-0.05, 0) is 102 Å². The molecule has 5 heteroatoms. The van der Waals surface area contributed by atoms with Crippen LogP contribution in [0.5, 0.6) is 0 Å². The first kappa shape index (κ1) is 40.4. The molecule has 0 radical (unpaired) electrons. The smallest absolute Gasteiger partial charge is 0.343 e. The highest BCUT2D eigenvalue weighted by Gasteiger charge is 2.30. The van der Waals surface area contributed by atoms with Crippen molar-refractivity contribution in [3.8, 4) is 0 Å².